The molecule has 0 atom stereocenters. The molecule has 0 saturated carbocycles. The Bertz CT molecular complexity index is 1440. The van der Waals surface area contributed by atoms with Gasteiger partial charge in [-0.2, -0.15) is 0 Å². The summed E-state index contributed by atoms with van der Waals surface area (Å²) in [6.07, 6.45) is 6.52. The number of phenols is 1. The van der Waals surface area contributed by atoms with Crippen LogP contribution in [0, 0.1) is 6.92 Å². The van der Waals surface area contributed by atoms with E-state index in [1.807, 2.05) is 24.3 Å². The number of phenolic OH excluding ortho intramolecular Hbond substituents is 1. The minimum absolute atomic E-state index is 0.0743. The van der Waals surface area contributed by atoms with Gasteiger partial charge >= 0.3 is 0 Å². The first kappa shape index (κ1) is 30.6. The zero-order chi connectivity index (χ0) is 30.1. The van der Waals surface area contributed by atoms with Gasteiger partial charge in [0, 0.05) is 30.5 Å². The number of ether oxygens (including phenoxy) is 6. The molecular weight excluding hydrogens is 528 g/mol. The molecule has 0 heterocycles. The second kappa shape index (κ2) is 13.9. The average molecular weight is 565 g/mol. The van der Waals surface area contributed by atoms with E-state index in [0.29, 0.717) is 56.8 Å². The molecule has 0 spiro atoms. The third-order valence-corrected chi connectivity index (χ3v) is 6.36. The number of ketones is 1. The van der Waals surface area contributed by atoms with Crippen LogP contribution in [0.2, 0.25) is 0 Å². The summed E-state index contributed by atoms with van der Waals surface area (Å²) in [5.74, 6) is 2.43. The molecule has 0 aliphatic rings. The molecule has 41 heavy (non-hydrogen) atoms. The highest BCUT2D eigenvalue weighted by Gasteiger charge is 2.19. The van der Waals surface area contributed by atoms with Gasteiger partial charge in [-0.1, -0.05) is 12.2 Å². The van der Waals surface area contributed by atoms with Gasteiger partial charge in [0.15, 0.2) is 28.8 Å². The maximum Gasteiger partial charge on any atom is 0.203 e. The van der Waals surface area contributed by atoms with E-state index in [1.54, 1.807) is 53.5 Å². The predicted molar refractivity (Wildman–Crippen MR) is 161 cm³/mol. The van der Waals surface area contributed by atoms with Crippen molar-refractivity contribution in [3.05, 3.63) is 64.9 Å². The lowest BCUT2D eigenvalue weighted by molar-refractivity contribution is 0.104. The summed E-state index contributed by atoms with van der Waals surface area (Å²) in [6, 6.07) is 8.63. The molecule has 0 aliphatic heterocycles. The Labute approximate surface area is 240 Å². The van der Waals surface area contributed by atoms with Crippen LogP contribution in [0.4, 0.5) is 11.4 Å². The summed E-state index contributed by atoms with van der Waals surface area (Å²) < 4.78 is 32.6. The van der Waals surface area contributed by atoms with Crippen LogP contribution in [0.5, 0.6) is 40.2 Å². The topological polar surface area (TPSA) is 117 Å². The van der Waals surface area contributed by atoms with Crippen molar-refractivity contribution in [1.82, 2.24) is 0 Å². The van der Waals surface area contributed by atoms with Gasteiger partial charge in [0.1, 0.15) is 17.2 Å². The van der Waals surface area contributed by atoms with Gasteiger partial charge in [0.25, 0.3) is 0 Å². The molecule has 0 aliphatic carbocycles. The Balaban J connectivity index is 1.90. The number of rotatable bonds is 13. The summed E-state index contributed by atoms with van der Waals surface area (Å²) in [6.45, 7) is 1.80. The summed E-state index contributed by atoms with van der Waals surface area (Å²) >= 11 is 0. The largest absolute Gasteiger partial charge is 0.504 e. The number of aromatic hydroxyl groups is 1. The van der Waals surface area contributed by atoms with Crippen molar-refractivity contribution in [2.24, 2.45) is 0 Å². The molecule has 0 saturated heterocycles. The Morgan fingerprint density at radius 3 is 1.80 bits per heavy atom. The molecule has 0 amide bonds. The quantitative estimate of drug-likeness (QED) is 0.134. The summed E-state index contributed by atoms with van der Waals surface area (Å²) in [7, 11) is 10.9. The summed E-state index contributed by atoms with van der Waals surface area (Å²) in [5.41, 5.74) is 3.67. The Hall–Kier alpha value is -4.99. The van der Waals surface area contributed by atoms with Gasteiger partial charge in [-0.05, 0) is 48.4 Å². The lowest BCUT2D eigenvalue weighted by Crippen LogP contribution is -2.06. The van der Waals surface area contributed by atoms with Crippen LogP contribution < -0.4 is 39.1 Å². The Morgan fingerprint density at radius 1 is 0.732 bits per heavy atom. The Kier molecular flexibility index (Phi) is 10.3. The zero-order valence-corrected chi connectivity index (χ0v) is 24.5. The molecule has 3 aromatic rings. The van der Waals surface area contributed by atoms with Gasteiger partial charge in [-0.15, -0.1) is 0 Å². The maximum absolute atomic E-state index is 13.1. The van der Waals surface area contributed by atoms with Crippen molar-refractivity contribution in [2.75, 3.05) is 60.3 Å². The number of carbonyl (C=O) groups excluding carboxylic acids is 1. The number of nitrogens with one attached hydrogen (secondary N) is 2. The van der Waals surface area contributed by atoms with Crippen molar-refractivity contribution in [2.45, 2.75) is 6.92 Å². The monoisotopic (exact) mass is 564 g/mol. The maximum atomic E-state index is 13.1. The van der Waals surface area contributed by atoms with Gasteiger partial charge in [-0.3, -0.25) is 4.79 Å². The van der Waals surface area contributed by atoms with Crippen molar-refractivity contribution in [3.63, 3.8) is 0 Å². The predicted octanol–water partition coefficient (Wildman–Crippen LogP) is 5.77. The standard InChI is InChI=1S/C31H36N2O8/c1-18-21(17-25(36-3)28(32-2)29(18)39-6)23(34)11-12-33-22-13-19(14-24(35)30(22)40-7)9-10-20-15-26(37-4)31(41-8)27(16-20)38-5/h9-17,32-33,35H,1-8H3/b10-9-,12-11-. The van der Waals surface area contributed by atoms with Crippen LogP contribution in [0.15, 0.2) is 42.6 Å². The van der Waals surface area contributed by atoms with Crippen LogP contribution in [0.25, 0.3) is 12.2 Å². The summed E-state index contributed by atoms with van der Waals surface area (Å²) in [5, 5.41) is 16.7. The molecule has 0 aromatic heterocycles. The van der Waals surface area contributed by atoms with Crippen LogP contribution in [-0.4, -0.2) is 60.6 Å². The number of hydrogen-bond acceptors (Lipinski definition) is 10. The number of carbonyl (C=O) groups is 1. The molecule has 0 unspecified atom stereocenters. The third kappa shape index (κ3) is 6.60. The van der Waals surface area contributed by atoms with Crippen LogP contribution >= 0.6 is 0 Å². The van der Waals surface area contributed by atoms with Crippen molar-refractivity contribution < 1.29 is 38.3 Å². The highest BCUT2D eigenvalue weighted by atomic mass is 16.5. The molecular formula is C31H36N2O8. The smallest absolute Gasteiger partial charge is 0.203 e. The van der Waals surface area contributed by atoms with Crippen LogP contribution in [0.3, 0.4) is 0 Å². The fraction of sp³-hybridized carbons (Fsp3) is 0.258. The van der Waals surface area contributed by atoms with E-state index in [1.165, 1.54) is 33.6 Å². The van der Waals surface area contributed by atoms with Gasteiger partial charge in [-0.25, -0.2) is 0 Å². The zero-order valence-electron chi connectivity index (χ0n) is 24.5. The molecule has 0 fully saturated rings. The Morgan fingerprint density at radius 2 is 1.29 bits per heavy atom. The van der Waals surface area contributed by atoms with Gasteiger partial charge in [0.2, 0.25) is 5.75 Å². The highest BCUT2D eigenvalue weighted by molar-refractivity contribution is 6.07. The minimum atomic E-state index is -0.268. The van der Waals surface area contributed by atoms with Gasteiger partial charge in [0.05, 0.1) is 48.3 Å². The third-order valence-electron chi connectivity index (χ3n) is 6.36. The molecule has 10 heteroatoms. The number of benzene rings is 3. The normalized spacial score (nSPS) is 10.9. The highest BCUT2D eigenvalue weighted by Crippen LogP contribution is 2.41. The van der Waals surface area contributed by atoms with E-state index in [-0.39, 0.29) is 17.3 Å². The first-order chi connectivity index (χ1) is 19.8. The van der Waals surface area contributed by atoms with Crippen molar-refractivity contribution in [1.29, 1.82) is 0 Å². The van der Waals surface area contributed by atoms with Crippen molar-refractivity contribution >= 4 is 29.3 Å². The van der Waals surface area contributed by atoms with Crippen molar-refractivity contribution in [3.8, 4) is 40.2 Å². The number of allylic oxidation sites excluding steroid dienone is 1. The molecule has 10 nitrogen and oxygen atoms in total. The van der Waals surface area contributed by atoms with E-state index in [0.717, 1.165) is 5.56 Å². The number of anilines is 2. The van der Waals surface area contributed by atoms with E-state index in [4.69, 9.17) is 28.4 Å². The molecule has 3 aromatic carbocycles. The average Bonchev–Trinajstić information content (AvgIpc) is 2.98. The molecule has 3 rings (SSSR count). The number of hydrogen-bond donors (Lipinski definition) is 3. The molecule has 218 valence electrons. The van der Waals surface area contributed by atoms with Gasteiger partial charge < -0.3 is 44.2 Å². The SMILES string of the molecule is CNc1c(OC)cc(C(=O)/C=C\Nc2cc(/C=C\c3cc(OC)c(OC)c(OC)c3)cc(O)c2OC)c(C)c1OC. The number of methoxy groups -OCH3 is 6. The lowest BCUT2D eigenvalue weighted by Gasteiger charge is -2.17. The second-order valence-electron chi connectivity index (χ2n) is 8.66. The molecule has 3 N–H and O–H groups in total. The van der Waals surface area contributed by atoms with E-state index in [2.05, 4.69) is 10.6 Å². The first-order valence-corrected chi connectivity index (χ1v) is 12.6. The first-order valence-electron chi connectivity index (χ1n) is 12.6. The second-order valence-corrected chi connectivity index (χ2v) is 8.66. The van der Waals surface area contributed by atoms with E-state index >= 15 is 0 Å². The lowest BCUT2D eigenvalue weighted by atomic mass is 10.0. The van der Waals surface area contributed by atoms with Crippen LogP contribution in [-0.2, 0) is 0 Å². The van der Waals surface area contributed by atoms with E-state index in [9.17, 15) is 9.90 Å². The molecule has 0 bridgehead atoms. The summed E-state index contributed by atoms with van der Waals surface area (Å²) in [4.78, 5) is 13.1. The molecule has 0 radical (unpaired) electrons. The van der Waals surface area contributed by atoms with Crippen LogP contribution in [0.1, 0.15) is 27.0 Å². The fourth-order valence-electron chi connectivity index (χ4n) is 4.38. The minimum Gasteiger partial charge on any atom is -0.504 e. The fourth-order valence-corrected chi connectivity index (χ4v) is 4.38. The van der Waals surface area contributed by atoms with E-state index < -0.39 is 0 Å².